The number of hydrogen-bond donors (Lipinski definition) is 2. The zero-order chi connectivity index (χ0) is 16.9. The second-order valence-corrected chi connectivity index (χ2v) is 6.31. The van der Waals surface area contributed by atoms with Gasteiger partial charge in [-0.2, -0.15) is 0 Å². The lowest BCUT2D eigenvalue weighted by Gasteiger charge is -2.12. The summed E-state index contributed by atoms with van der Waals surface area (Å²) >= 11 is 6.03. The van der Waals surface area contributed by atoms with Gasteiger partial charge < -0.3 is 15.4 Å². The van der Waals surface area contributed by atoms with Crippen LogP contribution in [-0.4, -0.2) is 12.5 Å². The number of fused-ring (bicyclic) bond motifs is 1. The first kappa shape index (κ1) is 19.6. The third-order valence-electron chi connectivity index (χ3n) is 4.00. The van der Waals surface area contributed by atoms with Crippen LogP contribution in [0.3, 0.4) is 0 Å². The van der Waals surface area contributed by atoms with Crippen molar-refractivity contribution in [1.82, 2.24) is 10.6 Å². The van der Waals surface area contributed by atoms with Crippen molar-refractivity contribution in [2.75, 3.05) is 6.61 Å². The number of halogens is 2. The largest absolute Gasteiger partial charge is 0.493 e. The van der Waals surface area contributed by atoms with E-state index in [-0.39, 0.29) is 18.3 Å². The van der Waals surface area contributed by atoms with Crippen LogP contribution in [-0.2, 0) is 19.6 Å². The number of amides is 1. The first-order valence-corrected chi connectivity index (χ1v) is 8.57. The monoisotopic (exact) mass is 380 g/mol. The van der Waals surface area contributed by atoms with E-state index in [0.29, 0.717) is 29.5 Å². The highest BCUT2D eigenvalue weighted by atomic mass is 35.5. The van der Waals surface area contributed by atoms with E-state index in [1.165, 1.54) is 11.1 Å². The molecule has 1 aliphatic rings. The van der Waals surface area contributed by atoms with Crippen molar-refractivity contribution in [3.63, 3.8) is 0 Å². The predicted molar refractivity (Wildman–Crippen MR) is 103 cm³/mol. The highest BCUT2D eigenvalue weighted by Crippen LogP contribution is 2.23. The Kier molecular flexibility index (Phi) is 7.12. The summed E-state index contributed by atoms with van der Waals surface area (Å²) in [4.78, 5) is 12.5. The summed E-state index contributed by atoms with van der Waals surface area (Å²) in [6.07, 6.45) is 0.882. The summed E-state index contributed by atoms with van der Waals surface area (Å²) in [6.45, 7) is 4.88. The van der Waals surface area contributed by atoms with Crippen LogP contribution in [0.25, 0.3) is 0 Å². The average molecular weight is 381 g/mol. The van der Waals surface area contributed by atoms with Crippen molar-refractivity contribution < 1.29 is 9.53 Å². The number of ether oxygens (including phenoxy) is 1. The van der Waals surface area contributed by atoms with E-state index >= 15 is 0 Å². The molecule has 0 saturated heterocycles. The van der Waals surface area contributed by atoms with E-state index in [9.17, 15) is 4.79 Å². The summed E-state index contributed by atoms with van der Waals surface area (Å²) in [6, 6.07) is 11.4. The fraction of sp³-hybridized carbons (Fsp3) is 0.316. The van der Waals surface area contributed by atoms with Gasteiger partial charge in [0.05, 0.1) is 12.2 Å². The molecule has 2 aromatic carbocycles. The second kappa shape index (κ2) is 9.09. The summed E-state index contributed by atoms with van der Waals surface area (Å²) in [7, 11) is 0. The normalized spacial score (nSPS) is 12.2. The SMILES string of the molecule is CCCOc1ccc(Cl)cc1C(=O)NCc1ccc2c(c1)CNC2.Cl. The molecule has 25 heavy (non-hydrogen) atoms. The number of hydrogen-bond acceptors (Lipinski definition) is 3. The Morgan fingerprint density at radius 3 is 2.80 bits per heavy atom. The highest BCUT2D eigenvalue weighted by molar-refractivity contribution is 6.31. The minimum Gasteiger partial charge on any atom is -0.493 e. The molecule has 6 heteroatoms. The van der Waals surface area contributed by atoms with Crippen molar-refractivity contribution in [2.24, 2.45) is 0 Å². The zero-order valence-electron chi connectivity index (χ0n) is 14.1. The van der Waals surface area contributed by atoms with Crippen LogP contribution < -0.4 is 15.4 Å². The van der Waals surface area contributed by atoms with Crippen LogP contribution in [0.2, 0.25) is 5.02 Å². The molecule has 0 saturated carbocycles. The van der Waals surface area contributed by atoms with E-state index in [1.807, 2.05) is 6.92 Å². The molecule has 3 rings (SSSR count). The van der Waals surface area contributed by atoms with Gasteiger partial charge in [-0.1, -0.05) is 36.7 Å². The third kappa shape index (κ3) is 4.88. The summed E-state index contributed by atoms with van der Waals surface area (Å²) in [5, 5.41) is 6.79. The molecule has 4 nitrogen and oxygen atoms in total. The van der Waals surface area contributed by atoms with Gasteiger partial charge in [-0.05, 0) is 41.3 Å². The minimum absolute atomic E-state index is 0. The van der Waals surface area contributed by atoms with Gasteiger partial charge >= 0.3 is 0 Å². The highest BCUT2D eigenvalue weighted by Gasteiger charge is 2.14. The zero-order valence-corrected chi connectivity index (χ0v) is 15.7. The Hall–Kier alpha value is -1.75. The fourth-order valence-corrected chi connectivity index (χ4v) is 2.93. The van der Waals surface area contributed by atoms with Gasteiger partial charge in [0.2, 0.25) is 0 Å². The van der Waals surface area contributed by atoms with Crippen LogP contribution in [0.4, 0.5) is 0 Å². The number of carbonyl (C=O) groups excluding carboxylic acids is 1. The Labute approximate surface area is 159 Å². The molecule has 0 fully saturated rings. The smallest absolute Gasteiger partial charge is 0.255 e. The fourth-order valence-electron chi connectivity index (χ4n) is 2.75. The lowest BCUT2D eigenvalue weighted by Crippen LogP contribution is -2.23. The van der Waals surface area contributed by atoms with Gasteiger partial charge in [0.15, 0.2) is 0 Å². The number of benzene rings is 2. The maximum absolute atomic E-state index is 12.5. The molecular formula is C19H22Cl2N2O2. The van der Waals surface area contributed by atoms with Gasteiger partial charge in [0.1, 0.15) is 5.75 Å². The van der Waals surface area contributed by atoms with Crippen LogP contribution in [0, 0.1) is 0 Å². The maximum atomic E-state index is 12.5. The van der Waals surface area contributed by atoms with Gasteiger partial charge in [0.25, 0.3) is 5.91 Å². The minimum atomic E-state index is -0.178. The molecule has 0 atom stereocenters. The van der Waals surface area contributed by atoms with Crippen LogP contribution in [0.5, 0.6) is 5.75 Å². The number of nitrogens with one attached hydrogen (secondary N) is 2. The predicted octanol–water partition coefficient (Wildman–Crippen LogP) is 4.08. The van der Waals surface area contributed by atoms with Gasteiger partial charge in [-0.25, -0.2) is 0 Å². The van der Waals surface area contributed by atoms with E-state index < -0.39 is 0 Å². The Morgan fingerprint density at radius 1 is 1.20 bits per heavy atom. The molecule has 0 radical (unpaired) electrons. The Morgan fingerprint density at radius 2 is 2.00 bits per heavy atom. The summed E-state index contributed by atoms with van der Waals surface area (Å²) < 4.78 is 5.65. The van der Waals surface area contributed by atoms with Crippen molar-refractivity contribution in [1.29, 1.82) is 0 Å². The quantitative estimate of drug-likeness (QED) is 0.793. The molecule has 2 aromatic rings. The average Bonchev–Trinajstić information content (AvgIpc) is 3.06. The molecule has 0 bridgehead atoms. The molecule has 134 valence electrons. The topological polar surface area (TPSA) is 50.4 Å². The molecule has 2 N–H and O–H groups in total. The molecule has 1 aliphatic heterocycles. The van der Waals surface area contributed by atoms with E-state index in [1.54, 1.807) is 18.2 Å². The first-order valence-electron chi connectivity index (χ1n) is 8.19. The van der Waals surface area contributed by atoms with Gasteiger partial charge in [-0.15, -0.1) is 12.4 Å². The van der Waals surface area contributed by atoms with E-state index in [4.69, 9.17) is 16.3 Å². The molecule has 0 aromatic heterocycles. The van der Waals surface area contributed by atoms with Crippen molar-refractivity contribution >= 4 is 29.9 Å². The number of carbonyl (C=O) groups is 1. The molecule has 1 amide bonds. The first-order chi connectivity index (χ1) is 11.7. The lowest BCUT2D eigenvalue weighted by atomic mass is 10.1. The van der Waals surface area contributed by atoms with Gasteiger partial charge in [0, 0.05) is 24.7 Å². The maximum Gasteiger partial charge on any atom is 0.255 e. The Bertz CT molecular complexity index is 750. The molecule has 1 heterocycles. The van der Waals surface area contributed by atoms with Crippen LogP contribution in [0.15, 0.2) is 36.4 Å². The van der Waals surface area contributed by atoms with Crippen LogP contribution >= 0.6 is 24.0 Å². The summed E-state index contributed by atoms with van der Waals surface area (Å²) in [5.74, 6) is 0.388. The standard InChI is InChI=1S/C19H21ClN2O2.ClH/c1-2-7-24-18-6-5-16(20)9-17(18)19(23)22-10-13-3-4-14-11-21-12-15(14)8-13;/h3-6,8-9,21H,2,7,10-12H2,1H3,(H,22,23);1H. The Balaban J connectivity index is 0.00000225. The van der Waals surface area contributed by atoms with E-state index in [2.05, 4.69) is 28.8 Å². The van der Waals surface area contributed by atoms with Crippen molar-refractivity contribution in [2.45, 2.75) is 33.0 Å². The summed E-state index contributed by atoms with van der Waals surface area (Å²) in [5.41, 5.74) is 4.19. The lowest BCUT2D eigenvalue weighted by molar-refractivity contribution is 0.0947. The van der Waals surface area contributed by atoms with Gasteiger partial charge in [-0.3, -0.25) is 4.79 Å². The molecule has 0 unspecified atom stereocenters. The molecule has 0 spiro atoms. The number of rotatable bonds is 6. The van der Waals surface area contributed by atoms with Crippen molar-refractivity contribution in [3.05, 3.63) is 63.7 Å². The second-order valence-electron chi connectivity index (χ2n) is 5.88. The van der Waals surface area contributed by atoms with Crippen molar-refractivity contribution in [3.8, 4) is 5.75 Å². The van der Waals surface area contributed by atoms with Crippen LogP contribution in [0.1, 0.15) is 40.4 Å². The molecule has 0 aliphatic carbocycles. The molecular weight excluding hydrogens is 359 g/mol. The van der Waals surface area contributed by atoms with E-state index in [0.717, 1.165) is 25.1 Å². The third-order valence-corrected chi connectivity index (χ3v) is 4.24.